The minimum Gasteiger partial charge on any atom is -0.345 e. The molecule has 2 aliphatic heterocycles. The number of benzene rings is 2. The number of halogens is 1. The summed E-state index contributed by atoms with van der Waals surface area (Å²) in [5, 5.41) is 0. The van der Waals surface area contributed by atoms with Crippen LogP contribution in [0, 0.1) is 17.7 Å². The van der Waals surface area contributed by atoms with Crippen LogP contribution in [0.15, 0.2) is 54.6 Å². The molecule has 2 aromatic carbocycles. The van der Waals surface area contributed by atoms with Crippen LogP contribution in [0.1, 0.15) is 31.2 Å². The lowest BCUT2D eigenvalue weighted by atomic mass is 9.90. The first-order valence-electron chi connectivity index (χ1n) is 12.1. The van der Waals surface area contributed by atoms with Gasteiger partial charge in [-0.3, -0.25) is 9.59 Å². The Hall–Kier alpha value is -2.73. The molecule has 1 unspecified atom stereocenters. The van der Waals surface area contributed by atoms with Gasteiger partial charge < -0.3 is 14.7 Å². The Morgan fingerprint density at radius 1 is 1.06 bits per heavy atom. The van der Waals surface area contributed by atoms with E-state index in [0.717, 1.165) is 51.0 Å². The van der Waals surface area contributed by atoms with E-state index in [1.807, 2.05) is 47.4 Å². The Labute approximate surface area is 196 Å². The zero-order valence-electron chi connectivity index (χ0n) is 19.5. The van der Waals surface area contributed by atoms with Gasteiger partial charge in [0.15, 0.2) is 0 Å². The lowest BCUT2D eigenvalue weighted by molar-refractivity contribution is -0.127. The molecule has 0 saturated carbocycles. The molecule has 0 aliphatic carbocycles. The number of anilines is 1. The van der Waals surface area contributed by atoms with Crippen LogP contribution in [-0.2, 0) is 16.0 Å². The molecule has 2 saturated heterocycles. The number of amides is 2. The van der Waals surface area contributed by atoms with Gasteiger partial charge in [-0.1, -0.05) is 30.3 Å². The highest BCUT2D eigenvalue weighted by molar-refractivity contribution is 5.98. The smallest absolute Gasteiger partial charge is 0.232 e. The number of para-hydroxylation sites is 1. The minimum atomic E-state index is -0.259. The van der Waals surface area contributed by atoms with Crippen molar-refractivity contribution in [3.63, 3.8) is 0 Å². The Kier molecular flexibility index (Phi) is 7.76. The summed E-state index contributed by atoms with van der Waals surface area (Å²) in [4.78, 5) is 31.2. The predicted molar refractivity (Wildman–Crippen MR) is 128 cm³/mol. The number of nitrogens with zero attached hydrogens (tertiary/aromatic N) is 3. The Morgan fingerprint density at radius 3 is 2.39 bits per heavy atom. The van der Waals surface area contributed by atoms with Crippen LogP contribution >= 0.6 is 0 Å². The first kappa shape index (κ1) is 23.4. The summed E-state index contributed by atoms with van der Waals surface area (Å²) < 4.78 is 13.1. The van der Waals surface area contributed by atoms with Crippen molar-refractivity contribution < 1.29 is 14.0 Å². The summed E-state index contributed by atoms with van der Waals surface area (Å²) in [5.74, 6) is 0.306. The molecular weight excluding hydrogens is 417 g/mol. The maximum atomic E-state index is 13.3. The first-order chi connectivity index (χ1) is 16.0. The summed E-state index contributed by atoms with van der Waals surface area (Å²) in [7, 11) is 1.77. The summed E-state index contributed by atoms with van der Waals surface area (Å²) >= 11 is 0. The topological polar surface area (TPSA) is 43.9 Å². The quantitative estimate of drug-likeness (QED) is 0.610. The van der Waals surface area contributed by atoms with Crippen molar-refractivity contribution in [2.75, 3.05) is 44.7 Å². The molecule has 5 nitrogen and oxygen atoms in total. The van der Waals surface area contributed by atoms with Crippen molar-refractivity contribution in [3.05, 3.63) is 66.0 Å². The van der Waals surface area contributed by atoms with Crippen molar-refractivity contribution in [2.45, 2.75) is 32.1 Å². The molecule has 4 rings (SSSR count). The van der Waals surface area contributed by atoms with Gasteiger partial charge in [-0.25, -0.2) is 4.39 Å². The maximum Gasteiger partial charge on any atom is 0.232 e. The fourth-order valence-electron chi connectivity index (χ4n) is 5.04. The number of hydrogen-bond acceptors (Lipinski definition) is 3. The van der Waals surface area contributed by atoms with Gasteiger partial charge in [0.1, 0.15) is 5.82 Å². The van der Waals surface area contributed by atoms with Gasteiger partial charge >= 0.3 is 0 Å². The van der Waals surface area contributed by atoms with Gasteiger partial charge in [0.05, 0.1) is 5.92 Å². The molecule has 0 N–H and O–H groups in total. The normalized spacial score (nSPS) is 19.8. The van der Waals surface area contributed by atoms with Gasteiger partial charge in [0.2, 0.25) is 11.8 Å². The lowest BCUT2D eigenvalue weighted by Crippen LogP contribution is -2.40. The lowest BCUT2D eigenvalue weighted by Gasteiger charge is -2.33. The third-order valence-corrected chi connectivity index (χ3v) is 7.03. The monoisotopic (exact) mass is 451 g/mol. The summed E-state index contributed by atoms with van der Waals surface area (Å²) in [6.07, 6.45) is 4.52. The fourth-order valence-corrected chi connectivity index (χ4v) is 5.04. The molecule has 0 radical (unpaired) electrons. The maximum absolute atomic E-state index is 13.3. The number of piperidine rings is 1. The Morgan fingerprint density at radius 2 is 1.76 bits per heavy atom. The van der Waals surface area contributed by atoms with Gasteiger partial charge in [0, 0.05) is 32.2 Å². The van der Waals surface area contributed by atoms with E-state index in [1.54, 1.807) is 24.1 Å². The van der Waals surface area contributed by atoms with Crippen molar-refractivity contribution in [1.29, 1.82) is 0 Å². The van der Waals surface area contributed by atoms with Crippen molar-refractivity contribution in [3.8, 4) is 0 Å². The molecule has 1 atom stereocenters. The molecule has 6 heteroatoms. The van der Waals surface area contributed by atoms with Gasteiger partial charge in [-0.05, 0) is 81.1 Å². The van der Waals surface area contributed by atoms with Crippen molar-refractivity contribution in [2.24, 2.45) is 11.8 Å². The highest BCUT2D eigenvalue weighted by Crippen LogP contribution is 2.25. The van der Waals surface area contributed by atoms with Crippen LogP contribution in [0.5, 0.6) is 0 Å². The van der Waals surface area contributed by atoms with E-state index >= 15 is 0 Å². The van der Waals surface area contributed by atoms with Crippen molar-refractivity contribution in [1.82, 2.24) is 9.80 Å². The molecule has 0 bridgehead atoms. The second-order valence-corrected chi connectivity index (χ2v) is 9.47. The average Bonchev–Trinajstić information content (AvgIpc) is 3.18. The molecule has 2 heterocycles. The summed E-state index contributed by atoms with van der Waals surface area (Å²) in [6, 6.07) is 16.7. The molecule has 2 aliphatic rings. The van der Waals surface area contributed by atoms with Crippen molar-refractivity contribution >= 4 is 17.5 Å². The molecule has 176 valence electrons. The van der Waals surface area contributed by atoms with Crippen LogP contribution in [-0.4, -0.2) is 61.4 Å². The van der Waals surface area contributed by atoms with Crippen LogP contribution in [0.2, 0.25) is 0 Å². The first-order valence-corrected chi connectivity index (χ1v) is 12.1. The molecule has 2 aromatic rings. The second kappa shape index (κ2) is 10.9. The second-order valence-electron chi connectivity index (χ2n) is 9.47. The predicted octanol–water partition coefficient (Wildman–Crippen LogP) is 3.98. The fraction of sp³-hybridized carbons (Fsp3) is 0.481. The SMILES string of the molecule is CN1CC(C(=O)N(CCCN2CCC(Cc3ccc(F)cc3)CC2)c2ccccc2)CC1=O. The molecule has 0 spiro atoms. The number of carbonyl (C=O) groups excluding carboxylic acids is 2. The summed E-state index contributed by atoms with van der Waals surface area (Å²) in [5.41, 5.74) is 2.12. The molecule has 0 aromatic heterocycles. The third-order valence-electron chi connectivity index (χ3n) is 7.03. The van der Waals surface area contributed by atoms with E-state index in [0.29, 0.717) is 25.4 Å². The molecule has 33 heavy (non-hydrogen) atoms. The summed E-state index contributed by atoms with van der Waals surface area (Å²) in [6.45, 7) is 4.25. The van der Waals surface area contributed by atoms with Crippen LogP contribution in [0.4, 0.5) is 10.1 Å². The molecular formula is C27H34FN3O2. The Balaban J connectivity index is 1.27. The third kappa shape index (κ3) is 6.20. The van der Waals surface area contributed by atoms with E-state index in [9.17, 15) is 14.0 Å². The van der Waals surface area contributed by atoms with Crippen LogP contribution in [0.3, 0.4) is 0 Å². The van der Waals surface area contributed by atoms with Crippen LogP contribution in [0.25, 0.3) is 0 Å². The Bertz CT molecular complexity index is 926. The van der Waals surface area contributed by atoms with Gasteiger partial charge in [0.25, 0.3) is 0 Å². The average molecular weight is 452 g/mol. The molecule has 2 amide bonds. The van der Waals surface area contributed by atoms with Crippen LogP contribution < -0.4 is 4.90 Å². The van der Waals surface area contributed by atoms with Gasteiger partial charge in [-0.2, -0.15) is 0 Å². The van der Waals surface area contributed by atoms with E-state index < -0.39 is 0 Å². The number of hydrogen-bond donors (Lipinski definition) is 0. The largest absolute Gasteiger partial charge is 0.345 e. The minimum absolute atomic E-state index is 0.0462. The zero-order chi connectivity index (χ0) is 23.2. The highest BCUT2D eigenvalue weighted by atomic mass is 19.1. The number of rotatable bonds is 8. The standard InChI is InChI=1S/C27H34FN3O2/c1-29-20-23(19-26(29)32)27(33)31(25-6-3-2-4-7-25)15-5-14-30-16-12-22(13-17-30)18-21-8-10-24(28)11-9-21/h2-4,6-11,22-23H,5,12-20H2,1H3. The van der Waals surface area contributed by atoms with E-state index in [2.05, 4.69) is 4.90 Å². The van der Waals surface area contributed by atoms with E-state index in [1.165, 1.54) is 5.56 Å². The molecule has 2 fully saturated rings. The van der Waals surface area contributed by atoms with Gasteiger partial charge in [-0.15, -0.1) is 0 Å². The number of carbonyl (C=O) groups is 2. The van der Waals surface area contributed by atoms with E-state index in [-0.39, 0.29) is 23.5 Å². The number of likely N-dealkylation sites (tertiary alicyclic amines) is 2. The van der Waals surface area contributed by atoms with E-state index in [4.69, 9.17) is 0 Å². The zero-order valence-corrected chi connectivity index (χ0v) is 19.5. The highest BCUT2D eigenvalue weighted by Gasteiger charge is 2.35.